The van der Waals surface area contributed by atoms with Crippen LogP contribution in [0.4, 0.5) is 0 Å². The molecular weight excluding hydrogens is 164 g/mol. The molecule has 70 valence electrons. The van der Waals surface area contributed by atoms with Gasteiger partial charge in [-0.3, -0.25) is 0 Å². The monoisotopic (exact) mass is 178 g/mol. The van der Waals surface area contributed by atoms with Crippen molar-refractivity contribution in [3.63, 3.8) is 0 Å². The molecule has 3 heteroatoms. The summed E-state index contributed by atoms with van der Waals surface area (Å²) >= 11 is 0. The standard InChI is InChI=1S/C10H14N2O/c1-12(2)8-10-6-4-3-5-9(10)7-11-13/h3-7,13H,8H2,1-2H3. The van der Waals surface area contributed by atoms with E-state index in [2.05, 4.69) is 10.1 Å². The zero-order valence-corrected chi connectivity index (χ0v) is 7.94. The molecule has 0 heterocycles. The second-order valence-electron chi connectivity index (χ2n) is 3.18. The maximum Gasteiger partial charge on any atom is 0.0737 e. The van der Waals surface area contributed by atoms with E-state index in [0.29, 0.717) is 0 Å². The van der Waals surface area contributed by atoms with Crippen molar-refractivity contribution in [2.45, 2.75) is 6.54 Å². The Labute approximate surface area is 78.3 Å². The van der Waals surface area contributed by atoms with Gasteiger partial charge in [-0.25, -0.2) is 0 Å². The molecule has 1 aromatic carbocycles. The number of oxime groups is 1. The fourth-order valence-electron chi connectivity index (χ4n) is 1.21. The summed E-state index contributed by atoms with van der Waals surface area (Å²) in [5.41, 5.74) is 2.11. The summed E-state index contributed by atoms with van der Waals surface area (Å²) in [4.78, 5) is 2.07. The molecule has 0 amide bonds. The van der Waals surface area contributed by atoms with Gasteiger partial charge in [-0.15, -0.1) is 0 Å². The number of nitrogens with zero attached hydrogens (tertiary/aromatic N) is 2. The van der Waals surface area contributed by atoms with Gasteiger partial charge in [0.1, 0.15) is 0 Å². The van der Waals surface area contributed by atoms with Crippen molar-refractivity contribution in [2.75, 3.05) is 14.1 Å². The largest absolute Gasteiger partial charge is 0.411 e. The third-order valence-electron chi connectivity index (χ3n) is 1.74. The molecule has 0 aliphatic rings. The molecule has 0 aliphatic heterocycles. The summed E-state index contributed by atoms with van der Waals surface area (Å²) in [6, 6.07) is 7.86. The molecule has 1 rings (SSSR count). The van der Waals surface area contributed by atoms with Crippen LogP contribution >= 0.6 is 0 Å². The van der Waals surface area contributed by atoms with Crippen LogP contribution in [0, 0.1) is 0 Å². The van der Waals surface area contributed by atoms with Crippen molar-refractivity contribution >= 4 is 6.21 Å². The SMILES string of the molecule is CN(C)Cc1ccccc1C=NO. The Morgan fingerprint density at radius 3 is 2.69 bits per heavy atom. The second kappa shape index (κ2) is 4.62. The van der Waals surface area contributed by atoms with Gasteiger partial charge < -0.3 is 10.1 Å². The third kappa shape index (κ3) is 2.87. The van der Waals surface area contributed by atoms with Crippen LogP contribution in [0.2, 0.25) is 0 Å². The van der Waals surface area contributed by atoms with Gasteiger partial charge in [0.15, 0.2) is 0 Å². The van der Waals surface area contributed by atoms with Gasteiger partial charge >= 0.3 is 0 Å². The molecule has 0 saturated heterocycles. The fraction of sp³-hybridized carbons (Fsp3) is 0.300. The van der Waals surface area contributed by atoms with Crippen LogP contribution in [0.5, 0.6) is 0 Å². The van der Waals surface area contributed by atoms with Crippen LogP contribution in [0.1, 0.15) is 11.1 Å². The molecule has 0 radical (unpaired) electrons. The van der Waals surface area contributed by atoms with Crippen LogP contribution in [0.25, 0.3) is 0 Å². The molecule has 3 nitrogen and oxygen atoms in total. The third-order valence-corrected chi connectivity index (χ3v) is 1.74. The highest BCUT2D eigenvalue weighted by molar-refractivity contribution is 5.81. The van der Waals surface area contributed by atoms with E-state index in [1.807, 2.05) is 38.4 Å². The quantitative estimate of drug-likeness (QED) is 0.433. The summed E-state index contributed by atoms with van der Waals surface area (Å²) in [7, 11) is 4.01. The van der Waals surface area contributed by atoms with Gasteiger partial charge in [-0.1, -0.05) is 29.4 Å². The zero-order valence-electron chi connectivity index (χ0n) is 7.94. The molecule has 0 saturated carbocycles. The average Bonchev–Trinajstić information content (AvgIpc) is 2.08. The van der Waals surface area contributed by atoms with Crippen LogP contribution in [-0.2, 0) is 6.54 Å². The molecule has 0 spiro atoms. The van der Waals surface area contributed by atoms with Crippen molar-refractivity contribution in [1.29, 1.82) is 0 Å². The van der Waals surface area contributed by atoms with Crippen LogP contribution in [0.3, 0.4) is 0 Å². The Morgan fingerprint density at radius 1 is 1.38 bits per heavy atom. The van der Waals surface area contributed by atoms with Crippen molar-refractivity contribution < 1.29 is 5.21 Å². The predicted molar refractivity (Wildman–Crippen MR) is 53.2 cm³/mol. The second-order valence-corrected chi connectivity index (χ2v) is 3.18. The number of hydrogen-bond acceptors (Lipinski definition) is 3. The highest BCUT2D eigenvalue weighted by Gasteiger charge is 1.99. The van der Waals surface area contributed by atoms with Gasteiger partial charge in [0.05, 0.1) is 6.21 Å². The number of benzene rings is 1. The lowest BCUT2D eigenvalue weighted by Gasteiger charge is -2.11. The van der Waals surface area contributed by atoms with E-state index in [-0.39, 0.29) is 0 Å². The highest BCUT2D eigenvalue weighted by atomic mass is 16.4. The lowest BCUT2D eigenvalue weighted by Crippen LogP contribution is -2.12. The average molecular weight is 178 g/mol. The molecule has 0 bridgehead atoms. The molecule has 0 atom stereocenters. The highest BCUT2D eigenvalue weighted by Crippen LogP contribution is 2.07. The first kappa shape index (κ1) is 9.74. The van der Waals surface area contributed by atoms with E-state index in [9.17, 15) is 0 Å². The molecule has 0 unspecified atom stereocenters. The molecule has 1 aromatic rings. The molecule has 13 heavy (non-hydrogen) atoms. The smallest absolute Gasteiger partial charge is 0.0737 e. The first-order valence-corrected chi connectivity index (χ1v) is 4.14. The maximum absolute atomic E-state index is 8.43. The van der Waals surface area contributed by atoms with E-state index in [0.717, 1.165) is 17.7 Å². The topological polar surface area (TPSA) is 35.8 Å². The normalized spacial score (nSPS) is 11.3. The van der Waals surface area contributed by atoms with E-state index >= 15 is 0 Å². The minimum Gasteiger partial charge on any atom is -0.411 e. The lowest BCUT2D eigenvalue weighted by molar-refractivity contribution is 0.321. The zero-order chi connectivity index (χ0) is 9.68. The summed E-state index contributed by atoms with van der Waals surface area (Å²) in [6.45, 7) is 0.849. The summed E-state index contributed by atoms with van der Waals surface area (Å²) in [5, 5.41) is 11.5. The van der Waals surface area contributed by atoms with E-state index in [1.54, 1.807) is 0 Å². The molecule has 0 aromatic heterocycles. The Bertz CT molecular complexity index is 295. The first-order chi connectivity index (χ1) is 6.24. The van der Waals surface area contributed by atoms with Gasteiger partial charge in [-0.2, -0.15) is 0 Å². The van der Waals surface area contributed by atoms with Crippen LogP contribution in [0.15, 0.2) is 29.4 Å². The Kier molecular flexibility index (Phi) is 3.46. The molecule has 0 aliphatic carbocycles. The number of hydrogen-bond donors (Lipinski definition) is 1. The molecule has 0 fully saturated rings. The first-order valence-electron chi connectivity index (χ1n) is 4.14. The van der Waals surface area contributed by atoms with E-state index in [4.69, 9.17) is 5.21 Å². The summed E-state index contributed by atoms with van der Waals surface area (Å²) in [6.07, 6.45) is 1.46. The fourth-order valence-corrected chi connectivity index (χ4v) is 1.21. The Balaban J connectivity index is 2.90. The van der Waals surface area contributed by atoms with E-state index < -0.39 is 0 Å². The van der Waals surface area contributed by atoms with Crippen LogP contribution < -0.4 is 0 Å². The number of rotatable bonds is 3. The van der Waals surface area contributed by atoms with Gasteiger partial charge in [-0.05, 0) is 19.7 Å². The van der Waals surface area contributed by atoms with Crippen LogP contribution in [-0.4, -0.2) is 30.4 Å². The van der Waals surface area contributed by atoms with Crippen molar-refractivity contribution in [3.05, 3.63) is 35.4 Å². The Morgan fingerprint density at radius 2 is 2.08 bits per heavy atom. The van der Waals surface area contributed by atoms with Crippen molar-refractivity contribution in [1.82, 2.24) is 4.90 Å². The summed E-state index contributed by atoms with van der Waals surface area (Å²) < 4.78 is 0. The van der Waals surface area contributed by atoms with Gasteiger partial charge in [0.25, 0.3) is 0 Å². The Hall–Kier alpha value is -1.35. The van der Waals surface area contributed by atoms with Gasteiger partial charge in [0.2, 0.25) is 0 Å². The summed E-state index contributed by atoms with van der Waals surface area (Å²) in [5.74, 6) is 0. The van der Waals surface area contributed by atoms with Gasteiger partial charge in [0, 0.05) is 12.1 Å². The minimum atomic E-state index is 0.849. The molecular formula is C10H14N2O. The van der Waals surface area contributed by atoms with E-state index in [1.165, 1.54) is 6.21 Å². The van der Waals surface area contributed by atoms with Crippen molar-refractivity contribution in [3.8, 4) is 0 Å². The predicted octanol–water partition coefficient (Wildman–Crippen LogP) is 1.56. The minimum absolute atomic E-state index is 0.849. The van der Waals surface area contributed by atoms with Crippen molar-refractivity contribution in [2.24, 2.45) is 5.16 Å². The maximum atomic E-state index is 8.43. The lowest BCUT2D eigenvalue weighted by atomic mass is 10.1. The molecule has 1 N–H and O–H groups in total.